The Morgan fingerprint density at radius 2 is 2.12 bits per heavy atom. The second kappa shape index (κ2) is 8.46. The number of rotatable bonds is 6. The average molecular weight is 337 g/mol. The first-order valence-corrected chi connectivity index (χ1v) is 8.23. The summed E-state index contributed by atoms with van der Waals surface area (Å²) in [4.78, 5) is 13.9. The normalized spacial score (nSPS) is 23.8. The van der Waals surface area contributed by atoms with Crippen LogP contribution in [0.2, 0.25) is 0 Å². The van der Waals surface area contributed by atoms with Crippen LogP contribution in [0.15, 0.2) is 18.2 Å². The number of methoxy groups -OCH3 is 1. The number of hydrogen-bond donors (Lipinski definition) is 2. The number of nitrogens with zero attached hydrogens (tertiary/aromatic N) is 1. The first kappa shape index (κ1) is 18.7. The smallest absolute Gasteiger partial charge is 0.222 e. The van der Waals surface area contributed by atoms with Gasteiger partial charge in [-0.15, -0.1) is 0 Å². The van der Waals surface area contributed by atoms with E-state index in [1.807, 2.05) is 25.1 Å². The van der Waals surface area contributed by atoms with Crippen molar-refractivity contribution in [1.82, 2.24) is 4.90 Å². The highest BCUT2D eigenvalue weighted by Gasteiger charge is 2.32. The van der Waals surface area contributed by atoms with E-state index < -0.39 is 12.2 Å². The molecule has 24 heavy (non-hydrogen) atoms. The molecule has 3 atom stereocenters. The van der Waals surface area contributed by atoms with Crippen LogP contribution in [0.5, 0.6) is 5.75 Å². The van der Waals surface area contributed by atoms with Gasteiger partial charge in [0.05, 0.1) is 26.4 Å². The fourth-order valence-electron chi connectivity index (χ4n) is 2.93. The highest BCUT2D eigenvalue weighted by atomic mass is 16.5. The van der Waals surface area contributed by atoms with Gasteiger partial charge in [0, 0.05) is 25.9 Å². The minimum atomic E-state index is -0.882. The number of ether oxygens (including phenoxy) is 2. The third-order valence-electron chi connectivity index (χ3n) is 4.53. The molecule has 0 spiro atoms. The summed E-state index contributed by atoms with van der Waals surface area (Å²) in [5, 5.41) is 19.6. The molecular formula is C18H27NO5. The molecule has 1 heterocycles. The molecule has 0 bridgehead atoms. The van der Waals surface area contributed by atoms with Gasteiger partial charge in [-0.3, -0.25) is 4.79 Å². The second-order valence-electron chi connectivity index (χ2n) is 6.43. The van der Waals surface area contributed by atoms with Crippen LogP contribution in [-0.2, 0) is 16.0 Å². The Kier molecular flexibility index (Phi) is 6.60. The van der Waals surface area contributed by atoms with Crippen LogP contribution < -0.4 is 4.74 Å². The fraction of sp³-hybridized carbons (Fsp3) is 0.611. The average Bonchev–Trinajstić information content (AvgIpc) is 2.57. The van der Waals surface area contributed by atoms with Gasteiger partial charge in [0.15, 0.2) is 0 Å². The summed E-state index contributed by atoms with van der Waals surface area (Å²) in [6.45, 7) is 2.84. The van der Waals surface area contributed by atoms with Crippen molar-refractivity contribution in [3.8, 4) is 5.75 Å². The molecule has 2 rings (SSSR count). The van der Waals surface area contributed by atoms with Crippen molar-refractivity contribution in [3.05, 3.63) is 29.3 Å². The van der Waals surface area contributed by atoms with Gasteiger partial charge < -0.3 is 24.6 Å². The molecule has 0 aromatic heterocycles. The lowest BCUT2D eigenvalue weighted by molar-refractivity contribution is -0.140. The summed E-state index contributed by atoms with van der Waals surface area (Å²) < 4.78 is 10.6. The lowest BCUT2D eigenvalue weighted by Crippen LogP contribution is -2.48. The molecule has 0 aliphatic carbocycles. The predicted octanol–water partition coefficient (Wildman–Crippen LogP) is 0.763. The lowest BCUT2D eigenvalue weighted by atomic mass is 9.96. The minimum absolute atomic E-state index is 0.00167. The highest BCUT2D eigenvalue weighted by molar-refractivity contribution is 5.76. The van der Waals surface area contributed by atoms with Gasteiger partial charge in [-0.25, -0.2) is 0 Å². The van der Waals surface area contributed by atoms with E-state index in [1.54, 1.807) is 19.1 Å². The van der Waals surface area contributed by atoms with E-state index in [4.69, 9.17) is 9.47 Å². The van der Waals surface area contributed by atoms with Gasteiger partial charge in [-0.2, -0.15) is 0 Å². The quantitative estimate of drug-likeness (QED) is 0.801. The van der Waals surface area contributed by atoms with Crippen LogP contribution >= 0.6 is 0 Å². The number of aliphatic hydroxyl groups is 2. The topological polar surface area (TPSA) is 79.2 Å². The van der Waals surface area contributed by atoms with Gasteiger partial charge in [0.2, 0.25) is 5.91 Å². The number of aliphatic hydroxyl groups excluding tert-OH is 2. The van der Waals surface area contributed by atoms with E-state index in [0.29, 0.717) is 26.0 Å². The van der Waals surface area contributed by atoms with Gasteiger partial charge in [0.1, 0.15) is 11.9 Å². The van der Waals surface area contributed by atoms with Crippen molar-refractivity contribution < 1.29 is 24.5 Å². The zero-order chi connectivity index (χ0) is 17.7. The maximum absolute atomic E-state index is 12.3. The maximum Gasteiger partial charge on any atom is 0.222 e. The van der Waals surface area contributed by atoms with Crippen LogP contribution in [0.3, 0.4) is 0 Å². The zero-order valence-electron chi connectivity index (χ0n) is 14.6. The number of carbonyl (C=O) groups is 1. The van der Waals surface area contributed by atoms with Gasteiger partial charge >= 0.3 is 0 Å². The number of amides is 1. The molecule has 6 heteroatoms. The molecule has 134 valence electrons. The van der Waals surface area contributed by atoms with E-state index >= 15 is 0 Å². The molecule has 0 saturated carbocycles. The van der Waals surface area contributed by atoms with Crippen molar-refractivity contribution in [2.75, 3.05) is 33.9 Å². The molecule has 1 fully saturated rings. The highest BCUT2D eigenvalue weighted by Crippen LogP contribution is 2.20. The van der Waals surface area contributed by atoms with E-state index in [-0.39, 0.29) is 18.4 Å². The van der Waals surface area contributed by atoms with Crippen LogP contribution in [-0.4, -0.2) is 67.1 Å². The minimum Gasteiger partial charge on any atom is -0.496 e. The van der Waals surface area contributed by atoms with Crippen LogP contribution in [0.1, 0.15) is 17.5 Å². The van der Waals surface area contributed by atoms with Crippen LogP contribution in [0.25, 0.3) is 0 Å². The monoisotopic (exact) mass is 337 g/mol. The Hall–Kier alpha value is -1.63. The van der Waals surface area contributed by atoms with E-state index in [2.05, 4.69) is 0 Å². The Bertz CT molecular complexity index is 562. The molecule has 6 nitrogen and oxygen atoms in total. The zero-order valence-corrected chi connectivity index (χ0v) is 14.6. The summed E-state index contributed by atoms with van der Waals surface area (Å²) in [5.74, 6) is 0.564. The predicted molar refractivity (Wildman–Crippen MR) is 90.0 cm³/mol. The third-order valence-corrected chi connectivity index (χ3v) is 4.53. The van der Waals surface area contributed by atoms with Gasteiger partial charge in [0.25, 0.3) is 0 Å². The van der Waals surface area contributed by atoms with Gasteiger partial charge in [-0.1, -0.05) is 12.1 Å². The van der Waals surface area contributed by atoms with Crippen LogP contribution in [0, 0.1) is 12.8 Å². The van der Waals surface area contributed by atoms with Crippen molar-refractivity contribution in [3.63, 3.8) is 0 Å². The Balaban J connectivity index is 1.85. The molecule has 1 saturated heterocycles. The Morgan fingerprint density at radius 3 is 2.83 bits per heavy atom. The maximum atomic E-state index is 12.3. The fourth-order valence-corrected chi connectivity index (χ4v) is 2.93. The summed E-state index contributed by atoms with van der Waals surface area (Å²) >= 11 is 0. The van der Waals surface area contributed by atoms with Crippen molar-refractivity contribution in [2.24, 2.45) is 5.92 Å². The lowest BCUT2D eigenvalue weighted by Gasteiger charge is -2.34. The number of benzene rings is 1. The summed E-state index contributed by atoms with van der Waals surface area (Å²) in [5.41, 5.74) is 2.12. The van der Waals surface area contributed by atoms with Crippen molar-refractivity contribution in [2.45, 2.75) is 32.0 Å². The SMILES string of the molecule is COc1cc(CCC(=O)N(C)C[C@@H]2COC[C@@H](O)[C@H]2O)ccc1C. The van der Waals surface area contributed by atoms with Crippen LogP contribution in [0.4, 0.5) is 0 Å². The molecule has 1 aliphatic rings. The number of carbonyl (C=O) groups excluding carboxylic acids is 1. The van der Waals surface area contributed by atoms with E-state index in [9.17, 15) is 15.0 Å². The first-order chi connectivity index (χ1) is 11.4. The molecule has 1 aromatic carbocycles. The second-order valence-corrected chi connectivity index (χ2v) is 6.43. The number of hydrogen-bond acceptors (Lipinski definition) is 5. The Morgan fingerprint density at radius 1 is 1.38 bits per heavy atom. The van der Waals surface area contributed by atoms with Crippen molar-refractivity contribution in [1.29, 1.82) is 0 Å². The first-order valence-electron chi connectivity index (χ1n) is 8.23. The molecule has 0 unspecified atom stereocenters. The van der Waals surface area contributed by atoms with Gasteiger partial charge in [-0.05, 0) is 30.5 Å². The third kappa shape index (κ3) is 4.69. The largest absolute Gasteiger partial charge is 0.496 e. The molecule has 0 radical (unpaired) electrons. The Labute approximate surface area is 143 Å². The number of aryl methyl sites for hydroxylation is 2. The molecule has 2 N–H and O–H groups in total. The molecular weight excluding hydrogens is 310 g/mol. The summed E-state index contributed by atoms with van der Waals surface area (Å²) in [7, 11) is 3.35. The molecule has 1 amide bonds. The standard InChI is InChI=1S/C18H27NO5/c1-12-4-5-13(8-16(12)23-3)6-7-17(21)19(2)9-14-10-24-11-15(20)18(14)22/h4-5,8,14-15,18,20,22H,6-7,9-11H2,1-3H3/t14-,15-,18+/m1/s1. The summed E-state index contributed by atoms with van der Waals surface area (Å²) in [6, 6.07) is 5.94. The molecule has 1 aromatic rings. The van der Waals surface area contributed by atoms with E-state index in [0.717, 1.165) is 16.9 Å². The van der Waals surface area contributed by atoms with Crippen molar-refractivity contribution >= 4 is 5.91 Å². The van der Waals surface area contributed by atoms with E-state index in [1.165, 1.54) is 0 Å². The molecule has 1 aliphatic heterocycles. The summed E-state index contributed by atoms with van der Waals surface area (Å²) in [6.07, 6.45) is -0.719.